The SMILES string of the molecule is CCOc1cc(C=C2C(=O)N(C)C(=O)N(C)C2=O)ccc1OC(C)C(=O)O. The first kappa shape index (κ1) is 20.0. The van der Waals surface area contributed by atoms with Crippen LogP contribution in [0.3, 0.4) is 0 Å². The van der Waals surface area contributed by atoms with Crippen molar-refractivity contribution in [2.75, 3.05) is 20.7 Å². The van der Waals surface area contributed by atoms with Crippen LogP contribution >= 0.6 is 0 Å². The Morgan fingerprint density at radius 3 is 2.26 bits per heavy atom. The molecule has 1 fully saturated rings. The highest BCUT2D eigenvalue weighted by Crippen LogP contribution is 2.31. The second-order valence-corrected chi connectivity index (χ2v) is 5.81. The molecule has 27 heavy (non-hydrogen) atoms. The number of hydrogen-bond donors (Lipinski definition) is 1. The third kappa shape index (κ3) is 4.08. The van der Waals surface area contributed by atoms with Gasteiger partial charge in [-0.1, -0.05) is 6.07 Å². The van der Waals surface area contributed by atoms with Gasteiger partial charge in [-0.3, -0.25) is 19.4 Å². The summed E-state index contributed by atoms with van der Waals surface area (Å²) in [4.78, 5) is 49.0. The van der Waals surface area contributed by atoms with Crippen LogP contribution in [-0.2, 0) is 14.4 Å². The summed E-state index contributed by atoms with van der Waals surface area (Å²) in [6.45, 7) is 3.44. The lowest BCUT2D eigenvalue weighted by molar-refractivity contribution is -0.144. The molecule has 0 radical (unpaired) electrons. The smallest absolute Gasteiger partial charge is 0.344 e. The molecule has 1 aliphatic heterocycles. The number of amides is 4. The molecule has 9 heteroatoms. The number of urea groups is 1. The number of barbiturate groups is 1. The van der Waals surface area contributed by atoms with Gasteiger partial charge >= 0.3 is 12.0 Å². The zero-order chi connectivity index (χ0) is 20.3. The van der Waals surface area contributed by atoms with E-state index in [0.717, 1.165) is 9.80 Å². The molecule has 1 heterocycles. The van der Waals surface area contributed by atoms with Crippen molar-refractivity contribution < 1.29 is 33.8 Å². The first-order chi connectivity index (χ1) is 12.7. The third-order valence-electron chi connectivity index (χ3n) is 3.87. The molecular weight excluding hydrogens is 356 g/mol. The second-order valence-electron chi connectivity index (χ2n) is 5.81. The van der Waals surface area contributed by atoms with Crippen molar-refractivity contribution in [3.63, 3.8) is 0 Å². The van der Waals surface area contributed by atoms with Crippen LogP contribution in [0.1, 0.15) is 19.4 Å². The van der Waals surface area contributed by atoms with Crippen LogP contribution < -0.4 is 9.47 Å². The van der Waals surface area contributed by atoms with Crippen LogP contribution in [0, 0.1) is 0 Å². The Hall–Kier alpha value is -3.36. The Balaban J connectivity index is 2.41. The van der Waals surface area contributed by atoms with Crippen LogP contribution in [-0.4, -0.2) is 65.5 Å². The van der Waals surface area contributed by atoms with Crippen LogP contribution in [0.2, 0.25) is 0 Å². The highest BCUT2D eigenvalue weighted by molar-refractivity contribution is 6.30. The molecule has 1 unspecified atom stereocenters. The average molecular weight is 376 g/mol. The quantitative estimate of drug-likeness (QED) is 0.589. The van der Waals surface area contributed by atoms with Gasteiger partial charge in [-0.2, -0.15) is 0 Å². The summed E-state index contributed by atoms with van der Waals surface area (Å²) in [5.74, 6) is -2.05. The van der Waals surface area contributed by atoms with Gasteiger partial charge in [-0.15, -0.1) is 0 Å². The summed E-state index contributed by atoms with van der Waals surface area (Å²) in [6.07, 6.45) is 0.264. The molecular formula is C18H20N2O7. The fourth-order valence-corrected chi connectivity index (χ4v) is 2.36. The van der Waals surface area contributed by atoms with E-state index in [9.17, 15) is 19.2 Å². The molecule has 0 spiro atoms. The summed E-state index contributed by atoms with van der Waals surface area (Å²) in [5, 5.41) is 8.98. The fourth-order valence-electron chi connectivity index (χ4n) is 2.36. The van der Waals surface area contributed by atoms with E-state index in [0.29, 0.717) is 12.2 Å². The summed E-state index contributed by atoms with van der Waals surface area (Å²) in [7, 11) is 2.58. The number of nitrogens with zero attached hydrogens (tertiary/aromatic N) is 2. The Labute approximate surface area is 155 Å². The van der Waals surface area contributed by atoms with Crippen LogP contribution in [0.4, 0.5) is 4.79 Å². The van der Waals surface area contributed by atoms with Crippen molar-refractivity contribution in [2.24, 2.45) is 0 Å². The minimum absolute atomic E-state index is 0.172. The predicted molar refractivity (Wildman–Crippen MR) is 94.2 cm³/mol. The monoisotopic (exact) mass is 376 g/mol. The van der Waals surface area contributed by atoms with E-state index in [1.54, 1.807) is 13.0 Å². The number of carbonyl (C=O) groups excluding carboxylic acids is 3. The maximum absolute atomic E-state index is 12.3. The molecule has 1 N–H and O–H groups in total. The average Bonchev–Trinajstić information content (AvgIpc) is 2.64. The molecule has 1 atom stereocenters. The molecule has 0 aromatic heterocycles. The predicted octanol–water partition coefficient (Wildman–Crippen LogP) is 1.37. The number of aliphatic carboxylic acids is 1. The van der Waals surface area contributed by atoms with Crippen LogP contribution in [0.5, 0.6) is 11.5 Å². The number of likely N-dealkylation sites (N-methyl/N-ethyl adjacent to an activating group) is 2. The van der Waals surface area contributed by atoms with Gasteiger partial charge in [-0.25, -0.2) is 9.59 Å². The lowest BCUT2D eigenvalue weighted by atomic mass is 10.1. The minimum atomic E-state index is -1.13. The van der Waals surface area contributed by atoms with Gasteiger partial charge in [0, 0.05) is 14.1 Å². The number of ether oxygens (including phenoxy) is 2. The summed E-state index contributed by atoms with van der Waals surface area (Å²) in [5.41, 5.74) is 0.288. The van der Waals surface area contributed by atoms with E-state index in [4.69, 9.17) is 14.6 Å². The number of carboxylic acids is 1. The van der Waals surface area contributed by atoms with E-state index in [1.807, 2.05) is 0 Å². The van der Waals surface area contributed by atoms with E-state index < -0.39 is 29.9 Å². The van der Waals surface area contributed by atoms with Gasteiger partial charge in [0.1, 0.15) is 5.57 Å². The highest BCUT2D eigenvalue weighted by atomic mass is 16.5. The summed E-state index contributed by atoms with van der Waals surface area (Å²) in [6, 6.07) is 3.87. The Morgan fingerprint density at radius 1 is 1.15 bits per heavy atom. The van der Waals surface area contributed by atoms with E-state index >= 15 is 0 Å². The molecule has 0 saturated carbocycles. The van der Waals surface area contributed by atoms with Gasteiger partial charge in [-0.05, 0) is 37.6 Å². The van der Waals surface area contributed by atoms with E-state index in [-0.39, 0.29) is 17.1 Å². The lowest BCUT2D eigenvalue weighted by Gasteiger charge is -2.28. The Morgan fingerprint density at radius 2 is 1.74 bits per heavy atom. The maximum atomic E-state index is 12.3. The van der Waals surface area contributed by atoms with Crippen molar-refractivity contribution in [3.05, 3.63) is 29.3 Å². The molecule has 1 saturated heterocycles. The maximum Gasteiger partial charge on any atom is 0.344 e. The molecule has 1 aromatic carbocycles. The van der Waals surface area contributed by atoms with E-state index in [2.05, 4.69) is 0 Å². The van der Waals surface area contributed by atoms with Crippen LogP contribution in [0.15, 0.2) is 23.8 Å². The number of rotatable bonds is 6. The zero-order valence-corrected chi connectivity index (χ0v) is 15.4. The molecule has 0 aliphatic carbocycles. The number of hydrogen-bond acceptors (Lipinski definition) is 6. The number of imide groups is 2. The van der Waals surface area contributed by atoms with Gasteiger partial charge in [0.05, 0.1) is 6.61 Å². The molecule has 0 bridgehead atoms. The van der Waals surface area contributed by atoms with Gasteiger partial charge in [0.25, 0.3) is 11.8 Å². The van der Waals surface area contributed by atoms with Crippen molar-refractivity contribution in [1.29, 1.82) is 0 Å². The lowest BCUT2D eigenvalue weighted by Crippen LogP contribution is -2.52. The minimum Gasteiger partial charge on any atom is -0.490 e. The summed E-state index contributed by atoms with van der Waals surface area (Å²) >= 11 is 0. The molecule has 9 nitrogen and oxygen atoms in total. The summed E-state index contributed by atoms with van der Waals surface area (Å²) < 4.78 is 10.8. The molecule has 1 aromatic rings. The van der Waals surface area contributed by atoms with Crippen molar-refractivity contribution in [2.45, 2.75) is 20.0 Å². The Bertz CT molecular complexity index is 805. The Kier molecular flexibility index (Phi) is 5.84. The number of benzene rings is 1. The normalized spacial score (nSPS) is 15.7. The van der Waals surface area contributed by atoms with Gasteiger partial charge in [0.2, 0.25) is 0 Å². The van der Waals surface area contributed by atoms with Gasteiger partial charge < -0.3 is 14.6 Å². The van der Waals surface area contributed by atoms with Crippen molar-refractivity contribution in [1.82, 2.24) is 9.80 Å². The number of carbonyl (C=O) groups is 4. The standard InChI is InChI=1S/C18H20N2O7/c1-5-26-14-9-11(6-7-13(14)27-10(2)17(23)24)8-12-15(21)19(3)18(25)20(4)16(12)22/h6-10H,5H2,1-4H3,(H,23,24). The van der Waals surface area contributed by atoms with Crippen molar-refractivity contribution in [3.8, 4) is 11.5 Å². The second kappa shape index (κ2) is 7.90. The molecule has 2 rings (SSSR count). The topological polar surface area (TPSA) is 113 Å². The van der Waals surface area contributed by atoms with Crippen molar-refractivity contribution >= 4 is 29.9 Å². The largest absolute Gasteiger partial charge is 0.490 e. The number of carboxylic acid groups (broad SMARTS) is 1. The molecule has 144 valence electrons. The molecule has 4 amide bonds. The first-order valence-electron chi connectivity index (χ1n) is 8.15. The highest BCUT2D eigenvalue weighted by Gasteiger charge is 2.37. The zero-order valence-electron chi connectivity index (χ0n) is 15.4. The van der Waals surface area contributed by atoms with Gasteiger partial charge in [0.15, 0.2) is 17.6 Å². The van der Waals surface area contributed by atoms with Crippen LogP contribution in [0.25, 0.3) is 6.08 Å². The third-order valence-corrected chi connectivity index (χ3v) is 3.87. The fraction of sp³-hybridized carbons (Fsp3) is 0.333. The molecule has 1 aliphatic rings. The van der Waals surface area contributed by atoms with E-state index in [1.165, 1.54) is 39.2 Å². The first-order valence-corrected chi connectivity index (χ1v) is 8.15.